The summed E-state index contributed by atoms with van der Waals surface area (Å²) in [7, 11) is 0. The molecule has 3 N–H and O–H groups in total. The zero-order chi connectivity index (χ0) is 23.5. The number of nitrogen functional groups attached to an aromatic ring is 1. The van der Waals surface area contributed by atoms with Crippen molar-refractivity contribution in [2.45, 2.75) is 25.8 Å². The van der Waals surface area contributed by atoms with Gasteiger partial charge in [-0.2, -0.15) is 0 Å². The van der Waals surface area contributed by atoms with E-state index in [0.717, 1.165) is 29.4 Å². The van der Waals surface area contributed by atoms with E-state index >= 15 is 0 Å². The summed E-state index contributed by atoms with van der Waals surface area (Å²) in [5.41, 5.74) is 12.0. The zero-order valence-electron chi connectivity index (χ0n) is 19.1. The molecule has 34 heavy (non-hydrogen) atoms. The number of carbonyl (C=O) groups excluding carboxylic acids is 1. The first-order valence-electron chi connectivity index (χ1n) is 11.6. The summed E-state index contributed by atoms with van der Waals surface area (Å²) in [5, 5.41) is 3.04. The average Bonchev–Trinajstić information content (AvgIpc) is 3.16. The first-order chi connectivity index (χ1) is 16.6. The Hall–Kier alpha value is -4.19. The molecule has 0 aliphatic carbocycles. The lowest BCUT2D eigenvalue weighted by atomic mass is 10.1. The number of benzene rings is 3. The Labute approximate surface area is 198 Å². The lowest BCUT2D eigenvalue weighted by molar-refractivity contribution is 0.0955. The largest absolute Gasteiger partial charge is 0.384 e. The van der Waals surface area contributed by atoms with Crippen molar-refractivity contribution in [2.75, 3.05) is 12.3 Å². The van der Waals surface area contributed by atoms with E-state index in [0.29, 0.717) is 29.1 Å². The molecule has 0 saturated heterocycles. The number of aryl methyl sites for hydroxylation is 1. The van der Waals surface area contributed by atoms with Gasteiger partial charge in [0.2, 0.25) is 0 Å². The Morgan fingerprint density at radius 3 is 2.24 bits per heavy atom. The molecule has 2 aromatic heterocycles. The van der Waals surface area contributed by atoms with Gasteiger partial charge in [0.05, 0.1) is 17.1 Å². The molecule has 5 rings (SSSR count). The Morgan fingerprint density at radius 1 is 0.912 bits per heavy atom. The van der Waals surface area contributed by atoms with Crippen molar-refractivity contribution in [1.29, 1.82) is 0 Å². The highest BCUT2D eigenvalue weighted by atomic mass is 16.1. The molecule has 0 saturated carbocycles. The minimum absolute atomic E-state index is 0.112. The highest BCUT2D eigenvalue weighted by molar-refractivity contribution is 6.10. The van der Waals surface area contributed by atoms with Gasteiger partial charge in [-0.3, -0.25) is 4.79 Å². The number of rotatable bonds is 7. The maximum atomic E-state index is 13.3. The lowest BCUT2D eigenvalue weighted by Crippen LogP contribution is -2.26. The topological polar surface area (TPSA) is 85.8 Å². The summed E-state index contributed by atoms with van der Waals surface area (Å²) in [6.45, 7) is 2.61. The molecule has 0 radical (unpaired) electrons. The minimum atomic E-state index is -0.223. The number of hydrogen-bond acceptors (Lipinski definition) is 4. The molecule has 3 aromatic carbocycles. The van der Waals surface area contributed by atoms with Crippen LogP contribution in [-0.2, 0) is 6.42 Å². The van der Waals surface area contributed by atoms with Crippen LogP contribution in [0.3, 0.4) is 0 Å². The van der Waals surface area contributed by atoms with Crippen LogP contribution in [0.15, 0.2) is 84.9 Å². The second-order valence-electron chi connectivity index (χ2n) is 8.45. The average molecular weight is 450 g/mol. The summed E-state index contributed by atoms with van der Waals surface area (Å²) >= 11 is 0. The molecule has 1 amide bonds. The molecule has 2 heterocycles. The standard InChI is InChI=1S/C28H27N5O/c1-19(21-14-6-3-7-15-21)33-26(29)24(25-27(33)32-23-17-9-8-16-22(23)31-25)28(34)30-18-10-13-20-11-4-2-5-12-20/h2-9,11-12,14-17,19H,10,13,18,29H2,1H3,(H,30,34). The second-order valence-corrected chi connectivity index (χ2v) is 8.45. The summed E-state index contributed by atoms with van der Waals surface area (Å²) in [6, 6.07) is 27.9. The quantitative estimate of drug-likeness (QED) is 0.337. The van der Waals surface area contributed by atoms with Crippen LogP contribution in [0.2, 0.25) is 0 Å². The Balaban J connectivity index is 1.50. The van der Waals surface area contributed by atoms with Gasteiger partial charge in [-0.15, -0.1) is 0 Å². The van der Waals surface area contributed by atoms with Crippen molar-refractivity contribution in [3.05, 3.63) is 102 Å². The number of anilines is 1. The first-order valence-corrected chi connectivity index (χ1v) is 11.6. The van der Waals surface area contributed by atoms with Gasteiger partial charge in [0.25, 0.3) is 5.91 Å². The third-order valence-corrected chi connectivity index (χ3v) is 6.20. The van der Waals surface area contributed by atoms with Crippen LogP contribution >= 0.6 is 0 Å². The number of nitrogens with zero attached hydrogens (tertiary/aromatic N) is 3. The van der Waals surface area contributed by atoms with Crippen molar-refractivity contribution in [1.82, 2.24) is 19.9 Å². The van der Waals surface area contributed by atoms with E-state index in [-0.39, 0.29) is 11.9 Å². The fourth-order valence-corrected chi connectivity index (χ4v) is 4.41. The van der Waals surface area contributed by atoms with Gasteiger partial charge in [0.1, 0.15) is 16.9 Å². The number of para-hydroxylation sites is 2. The van der Waals surface area contributed by atoms with Crippen molar-refractivity contribution in [3.8, 4) is 0 Å². The number of nitrogens with one attached hydrogen (secondary N) is 1. The fourth-order valence-electron chi connectivity index (χ4n) is 4.41. The molecule has 0 aliphatic heterocycles. The van der Waals surface area contributed by atoms with Gasteiger partial charge in [0.15, 0.2) is 5.65 Å². The van der Waals surface area contributed by atoms with E-state index in [1.54, 1.807) is 0 Å². The highest BCUT2D eigenvalue weighted by Gasteiger charge is 2.26. The number of hydrogen-bond donors (Lipinski definition) is 2. The van der Waals surface area contributed by atoms with Crippen LogP contribution in [0.25, 0.3) is 22.2 Å². The number of fused-ring (bicyclic) bond motifs is 2. The van der Waals surface area contributed by atoms with E-state index in [4.69, 9.17) is 15.7 Å². The predicted molar refractivity (Wildman–Crippen MR) is 137 cm³/mol. The fraction of sp³-hybridized carbons (Fsp3) is 0.179. The van der Waals surface area contributed by atoms with Crippen molar-refractivity contribution in [2.24, 2.45) is 0 Å². The molecule has 6 nitrogen and oxygen atoms in total. The van der Waals surface area contributed by atoms with E-state index in [9.17, 15) is 4.79 Å². The van der Waals surface area contributed by atoms with Crippen LogP contribution in [0.5, 0.6) is 0 Å². The van der Waals surface area contributed by atoms with E-state index in [1.807, 2.05) is 77.4 Å². The molecule has 0 spiro atoms. The second kappa shape index (κ2) is 9.35. The monoisotopic (exact) mass is 449 g/mol. The molecule has 0 fully saturated rings. The SMILES string of the molecule is CC(c1ccccc1)n1c(N)c(C(=O)NCCCc2ccccc2)c2nc3ccccc3nc21. The normalized spacial score (nSPS) is 12.1. The third-order valence-electron chi connectivity index (χ3n) is 6.20. The summed E-state index contributed by atoms with van der Waals surface area (Å²) < 4.78 is 1.92. The maximum Gasteiger partial charge on any atom is 0.257 e. The third kappa shape index (κ3) is 4.10. The molecule has 5 aromatic rings. The predicted octanol–water partition coefficient (Wildman–Crippen LogP) is 5.14. The summed E-state index contributed by atoms with van der Waals surface area (Å²) in [4.78, 5) is 23.0. The Morgan fingerprint density at radius 2 is 1.53 bits per heavy atom. The van der Waals surface area contributed by atoms with Gasteiger partial charge in [0, 0.05) is 6.54 Å². The summed E-state index contributed by atoms with van der Waals surface area (Å²) in [5.74, 6) is 0.154. The Kier molecular flexibility index (Phi) is 5.95. The van der Waals surface area contributed by atoms with Gasteiger partial charge in [-0.25, -0.2) is 9.97 Å². The Bertz CT molecular complexity index is 1440. The minimum Gasteiger partial charge on any atom is -0.384 e. The molecular formula is C28H27N5O. The van der Waals surface area contributed by atoms with Crippen LogP contribution in [0.1, 0.15) is 40.9 Å². The molecule has 1 atom stereocenters. The maximum absolute atomic E-state index is 13.3. The van der Waals surface area contributed by atoms with E-state index in [1.165, 1.54) is 5.56 Å². The molecule has 0 aliphatic rings. The molecule has 170 valence electrons. The number of carbonyl (C=O) groups is 1. The zero-order valence-corrected chi connectivity index (χ0v) is 19.1. The van der Waals surface area contributed by atoms with Crippen LogP contribution < -0.4 is 11.1 Å². The number of amides is 1. The van der Waals surface area contributed by atoms with Crippen LogP contribution in [0, 0.1) is 0 Å². The summed E-state index contributed by atoms with van der Waals surface area (Å²) in [6.07, 6.45) is 1.73. The molecule has 0 bridgehead atoms. The number of nitrogens with two attached hydrogens (primary N) is 1. The van der Waals surface area contributed by atoms with E-state index in [2.05, 4.69) is 24.4 Å². The molecule has 6 heteroatoms. The van der Waals surface area contributed by atoms with Crippen LogP contribution in [0.4, 0.5) is 5.82 Å². The van der Waals surface area contributed by atoms with Crippen molar-refractivity contribution in [3.63, 3.8) is 0 Å². The molecule has 1 unspecified atom stereocenters. The smallest absolute Gasteiger partial charge is 0.257 e. The van der Waals surface area contributed by atoms with Gasteiger partial charge < -0.3 is 15.6 Å². The van der Waals surface area contributed by atoms with Crippen LogP contribution in [-0.4, -0.2) is 27.0 Å². The van der Waals surface area contributed by atoms with Gasteiger partial charge >= 0.3 is 0 Å². The van der Waals surface area contributed by atoms with Crippen molar-refractivity contribution >= 4 is 33.9 Å². The van der Waals surface area contributed by atoms with Gasteiger partial charge in [-0.05, 0) is 43.0 Å². The number of aromatic nitrogens is 3. The first kappa shape index (κ1) is 21.6. The lowest BCUT2D eigenvalue weighted by Gasteiger charge is -2.17. The highest BCUT2D eigenvalue weighted by Crippen LogP contribution is 2.33. The van der Waals surface area contributed by atoms with E-state index < -0.39 is 0 Å². The van der Waals surface area contributed by atoms with Crippen molar-refractivity contribution < 1.29 is 4.79 Å². The molecular weight excluding hydrogens is 422 g/mol. The van der Waals surface area contributed by atoms with Gasteiger partial charge in [-0.1, -0.05) is 72.8 Å².